The van der Waals surface area contributed by atoms with E-state index in [4.69, 9.17) is 0 Å². The second kappa shape index (κ2) is 7.44. The number of hydrogen-bond acceptors (Lipinski definition) is 5. The summed E-state index contributed by atoms with van der Waals surface area (Å²) in [4.78, 5) is 22.3. The SMILES string of the molecule is CCOC(=O)CCS(=O)(=O)NCCNC(=O)C1CC1. The molecule has 0 radical (unpaired) electrons. The molecule has 0 bridgehead atoms. The lowest BCUT2D eigenvalue weighted by Crippen LogP contribution is -2.36. The van der Waals surface area contributed by atoms with Gasteiger partial charge in [-0.05, 0) is 19.8 Å². The van der Waals surface area contributed by atoms with Crippen molar-refractivity contribution in [3.8, 4) is 0 Å². The Kier molecular flexibility index (Phi) is 6.23. The summed E-state index contributed by atoms with van der Waals surface area (Å²) >= 11 is 0. The minimum Gasteiger partial charge on any atom is -0.466 e. The average molecular weight is 292 g/mol. The quantitative estimate of drug-likeness (QED) is 0.436. The third-order valence-corrected chi connectivity index (χ3v) is 3.96. The highest BCUT2D eigenvalue weighted by Crippen LogP contribution is 2.28. The molecule has 0 aromatic carbocycles. The van der Waals surface area contributed by atoms with Crippen molar-refractivity contribution in [3.05, 3.63) is 0 Å². The van der Waals surface area contributed by atoms with Crippen LogP contribution >= 0.6 is 0 Å². The van der Waals surface area contributed by atoms with Crippen molar-refractivity contribution in [1.29, 1.82) is 0 Å². The summed E-state index contributed by atoms with van der Waals surface area (Å²) in [6.07, 6.45) is 1.66. The van der Waals surface area contributed by atoms with Crippen LogP contribution in [0, 0.1) is 5.92 Å². The Morgan fingerprint density at radius 2 is 1.95 bits per heavy atom. The smallest absolute Gasteiger partial charge is 0.306 e. The summed E-state index contributed by atoms with van der Waals surface area (Å²) in [5, 5.41) is 2.64. The molecule has 110 valence electrons. The van der Waals surface area contributed by atoms with Crippen molar-refractivity contribution in [2.45, 2.75) is 26.2 Å². The van der Waals surface area contributed by atoms with E-state index in [1.54, 1.807) is 6.92 Å². The molecule has 0 heterocycles. The number of rotatable bonds is 9. The maximum atomic E-state index is 11.5. The topological polar surface area (TPSA) is 102 Å². The Morgan fingerprint density at radius 3 is 2.53 bits per heavy atom. The van der Waals surface area contributed by atoms with E-state index in [1.807, 2.05) is 0 Å². The molecule has 0 aliphatic heterocycles. The molecule has 1 aliphatic carbocycles. The summed E-state index contributed by atoms with van der Waals surface area (Å²) in [5.41, 5.74) is 0. The van der Waals surface area contributed by atoms with Crippen LogP contribution in [0.4, 0.5) is 0 Å². The molecule has 0 saturated heterocycles. The number of amides is 1. The van der Waals surface area contributed by atoms with Crippen LogP contribution < -0.4 is 10.0 Å². The van der Waals surface area contributed by atoms with E-state index >= 15 is 0 Å². The highest BCUT2D eigenvalue weighted by Gasteiger charge is 2.29. The van der Waals surface area contributed by atoms with E-state index < -0.39 is 16.0 Å². The number of hydrogen-bond donors (Lipinski definition) is 2. The number of carbonyl (C=O) groups is 2. The van der Waals surface area contributed by atoms with E-state index in [0.29, 0.717) is 0 Å². The van der Waals surface area contributed by atoms with Gasteiger partial charge >= 0.3 is 5.97 Å². The molecule has 1 saturated carbocycles. The van der Waals surface area contributed by atoms with E-state index in [-0.39, 0.29) is 43.7 Å². The van der Waals surface area contributed by atoms with E-state index in [0.717, 1.165) is 12.8 Å². The Morgan fingerprint density at radius 1 is 1.26 bits per heavy atom. The molecule has 1 amide bonds. The van der Waals surface area contributed by atoms with Gasteiger partial charge in [0.15, 0.2) is 0 Å². The van der Waals surface area contributed by atoms with Gasteiger partial charge in [-0.2, -0.15) is 0 Å². The Hall–Kier alpha value is -1.15. The zero-order valence-electron chi connectivity index (χ0n) is 11.0. The van der Waals surface area contributed by atoms with Crippen molar-refractivity contribution < 1.29 is 22.7 Å². The predicted octanol–water partition coefficient (Wildman–Crippen LogP) is -0.615. The van der Waals surface area contributed by atoms with E-state index in [9.17, 15) is 18.0 Å². The molecular formula is C11H20N2O5S. The van der Waals surface area contributed by atoms with Crippen LogP contribution in [0.1, 0.15) is 26.2 Å². The van der Waals surface area contributed by atoms with Crippen molar-refractivity contribution in [2.24, 2.45) is 5.92 Å². The molecule has 2 N–H and O–H groups in total. The molecule has 1 rings (SSSR count). The first-order valence-electron chi connectivity index (χ1n) is 6.35. The first-order valence-corrected chi connectivity index (χ1v) is 8.00. The summed E-state index contributed by atoms with van der Waals surface area (Å²) in [7, 11) is -3.50. The molecular weight excluding hydrogens is 272 g/mol. The fourth-order valence-electron chi connectivity index (χ4n) is 1.41. The van der Waals surface area contributed by atoms with Crippen LogP contribution in [0.15, 0.2) is 0 Å². The summed E-state index contributed by atoms with van der Waals surface area (Å²) < 4.78 is 30.0. The van der Waals surface area contributed by atoms with Crippen LogP contribution in [0.2, 0.25) is 0 Å². The molecule has 0 spiro atoms. The van der Waals surface area contributed by atoms with Crippen LogP contribution in [0.25, 0.3) is 0 Å². The lowest BCUT2D eigenvalue weighted by atomic mass is 10.4. The molecule has 8 heteroatoms. The molecule has 0 aromatic heterocycles. The minimum atomic E-state index is -3.50. The van der Waals surface area contributed by atoms with Gasteiger partial charge in [0.1, 0.15) is 0 Å². The third kappa shape index (κ3) is 7.12. The fraction of sp³-hybridized carbons (Fsp3) is 0.818. The Bertz CT molecular complexity index is 417. The van der Waals surface area contributed by atoms with Crippen LogP contribution in [0.3, 0.4) is 0 Å². The van der Waals surface area contributed by atoms with Gasteiger partial charge in [0, 0.05) is 19.0 Å². The zero-order valence-corrected chi connectivity index (χ0v) is 11.8. The van der Waals surface area contributed by atoms with Gasteiger partial charge in [-0.3, -0.25) is 9.59 Å². The molecule has 1 aliphatic rings. The van der Waals surface area contributed by atoms with Gasteiger partial charge in [0.25, 0.3) is 0 Å². The highest BCUT2D eigenvalue weighted by molar-refractivity contribution is 7.89. The molecule has 19 heavy (non-hydrogen) atoms. The second-order valence-corrected chi connectivity index (χ2v) is 6.26. The number of ether oxygens (including phenoxy) is 1. The average Bonchev–Trinajstić information content (AvgIpc) is 3.17. The third-order valence-electron chi connectivity index (χ3n) is 2.57. The van der Waals surface area contributed by atoms with Gasteiger partial charge in [0.05, 0.1) is 18.8 Å². The summed E-state index contributed by atoms with van der Waals surface area (Å²) in [5.74, 6) is -0.747. The molecule has 0 atom stereocenters. The lowest BCUT2D eigenvalue weighted by molar-refractivity contribution is -0.142. The van der Waals surface area contributed by atoms with Crippen molar-refractivity contribution in [1.82, 2.24) is 10.0 Å². The number of carbonyl (C=O) groups excluding carboxylic acids is 2. The van der Waals surface area contributed by atoms with Crippen molar-refractivity contribution >= 4 is 21.9 Å². The maximum absolute atomic E-state index is 11.5. The van der Waals surface area contributed by atoms with Gasteiger partial charge in [0.2, 0.25) is 15.9 Å². The van der Waals surface area contributed by atoms with Gasteiger partial charge < -0.3 is 10.1 Å². The predicted molar refractivity (Wildman–Crippen MR) is 68.8 cm³/mol. The molecule has 0 aromatic rings. The number of esters is 1. The normalized spacial score (nSPS) is 15.0. The first kappa shape index (κ1) is 15.9. The second-order valence-electron chi connectivity index (χ2n) is 4.33. The first-order chi connectivity index (χ1) is 8.94. The minimum absolute atomic E-state index is 0.0225. The molecule has 7 nitrogen and oxygen atoms in total. The van der Waals surface area contributed by atoms with Gasteiger partial charge in [-0.25, -0.2) is 13.1 Å². The van der Waals surface area contributed by atoms with Crippen molar-refractivity contribution in [2.75, 3.05) is 25.4 Å². The van der Waals surface area contributed by atoms with Crippen LogP contribution in [0.5, 0.6) is 0 Å². The van der Waals surface area contributed by atoms with Gasteiger partial charge in [-0.1, -0.05) is 0 Å². The Balaban J connectivity index is 2.12. The van der Waals surface area contributed by atoms with E-state index in [2.05, 4.69) is 14.8 Å². The zero-order chi connectivity index (χ0) is 14.3. The lowest BCUT2D eigenvalue weighted by Gasteiger charge is -2.07. The maximum Gasteiger partial charge on any atom is 0.306 e. The van der Waals surface area contributed by atoms with Crippen molar-refractivity contribution in [3.63, 3.8) is 0 Å². The molecule has 0 unspecified atom stereocenters. The van der Waals surface area contributed by atoms with Crippen LogP contribution in [-0.2, 0) is 24.3 Å². The number of sulfonamides is 1. The Labute approximate surface area is 113 Å². The largest absolute Gasteiger partial charge is 0.466 e. The standard InChI is InChI=1S/C11H20N2O5S/c1-2-18-10(14)5-8-19(16,17)13-7-6-12-11(15)9-3-4-9/h9,13H,2-8H2,1H3,(H,12,15). The highest BCUT2D eigenvalue weighted by atomic mass is 32.2. The fourth-order valence-corrected chi connectivity index (χ4v) is 2.40. The van der Waals surface area contributed by atoms with E-state index in [1.165, 1.54) is 0 Å². The van der Waals surface area contributed by atoms with Crippen LogP contribution in [-0.4, -0.2) is 45.7 Å². The number of nitrogens with one attached hydrogen (secondary N) is 2. The monoisotopic (exact) mass is 292 g/mol. The van der Waals surface area contributed by atoms with Gasteiger partial charge in [-0.15, -0.1) is 0 Å². The molecule has 1 fully saturated rings. The summed E-state index contributed by atoms with van der Waals surface area (Å²) in [6, 6.07) is 0. The summed E-state index contributed by atoms with van der Waals surface area (Å²) in [6.45, 7) is 2.28.